The van der Waals surface area contributed by atoms with Gasteiger partial charge in [-0.2, -0.15) is 5.26 Å². The summed E-state index contributed by atoms with van der Waals surface area (Å²) in [6.45, 7) is 2.73. The molecule has 2 aromatic carbocycles. The van der Waals surface area contributed by atoms with E-state index in [1.807, 2.05) is 6.07 Å². The molecule has 5 nitrogen and oxygen atoms in total. The van der Waals surface area contributed by atoms with Crippen molar-refractivity contribution in [3.63, 3.8) is 0 Å². The van der Waals surface area contributed by atoms with Crippen LogP contribution in [0.15, 0.2) is 48.0 Å². The number of rotatable bonds is 9. The molecule has 0 aliphatic heterocycles. The molecule has 0 bridgehead atoms. The highest BCUT2D eigenvalue weighted by Gasteiger charge is 2.11. The van der Waals surface area contributed by atoms with E-state index in [4.69, 9.17) is 9.47 Å². The quantitative estimate of drug-likeness (QED) is 0.378. The smallest absolute Gasteiger partial charge is 0.266 e. The summed E-state index contributed by atoms with van der Waals surface area (Å²) in [6.07, 6.45) is 4.63. The number of anilines is 1. The van der Waals surface area contributed by atoms with Gasteiger partial charge in [0, 0.05) is 5.69 Å². The second-order valence-corrected chi connectivity index (χ2v) is 6.10. The third kappa shape index (κ3) is 6.13. The van der Waals surface area contributed by atoms with E-state index < -0.39 is 11.7 Å². The van der Waals surface area contributed by atoms with Crippen molar-refractivity contribution in [3.8, 4) is 17.6 Å². The van der Waals surface area contributed by atoms with Crippen molar-refractivity contribution in [2.24, 2.45) is 0 Å². The van der Waals surface area contributed by atoms with Crippen molar-refractivity contribution in [2.75, 3.05) is 19.0 Å². The highest BCUT2D eigenvalue weighted by atomic mass is 19.1. The first-order valence-electron chi connectivity index (χ1n) is 9.07. The number of unbranched alkanes of at least 4 members (excludes halogenated alkanes) is 2. The van der Waals surface area contributed by atoms with Gasteiger partial charge in [0.2, 0.25) is 0 Å². The molecule has 0 saturated heterocycles. The van der Waals surface area contributed by atoms with Crippen molar-refractivity contribution >= 4 is 17.7 Å². The molecule has 1 amide bonds. The minimum Gasteiger partial charge on any atom is -0.493 e. The Morgan fingerprint density at radius 2 is 1.93 bits per heavy atom. The van der Waals surface area contributed by atoms with Crippen LogP contribution in [0.4, 0.5) is 10.1 Å². The normalized spacial score (nSPS) is 10.9. The van der Waals surface area contributed by atoms with E-state index in [0.29, 0.717) is 29.4 Å². The summed E-state index contributed by atoms with van der Waals surface area (Å²) in [5.74, 6) is 0.164. The van der Waals surface area contributed by atoms with Gasteiger partial charge >= 0.3 is 0 Å². The summed E-state index contributed by atoms with van der Waals surface area (Å²) >= 11 is 0. The minimum atomic E-state index is -0.576. The molecule has 0 heterocycles. The van der Waals surface area contributed by atoms with Crippen LogP contribution in [0.3, 0.4) is 0 Å². The number of carbonyl (C=O) groups is 1. The van der Waals surface area contributed by atoms with Crippen LogP contribution in [0.5, 0.6) is 11.5 Å². The van der Waals surface area contributed by atoms with Crippen LogP contribution in [0, 0.1) is 17.1 Å². The van der Waals surface area contributed by atoms with Crippen LogP contribution < -0.4 is 14.8 Å². The highest BCUT2D eigenvalue weighted by Crippen LogP contribution is 2.29. The van der Waals surface area contributed by atoms with Crippen molar-refractivity contribution in [1.29, 1.82) is 5.26 Å². The van der Waals surface area contributed by atoms with Crippen LogP contribution in [0.2, 0.25) is 0 Å². The molecule has 0 aliphatic rings. The van der Waals surface area contributed by atoms with E-state index >= 15 is 0 Å². The minimum absolute atomic E-state index is 0.0806. The van der Waals surface area contributed by atoms with Gasteiger partial charge in [-0.1, -0.05) is 25.8 Å². The molecular weight excluding hydrogens is 359 g/mol. The first kappa shape index (κ1) is 21.0. The van der Waals surface area contributed by atoms with Crippen LogP contribution in [-0.4, -0.2) is 19.6 Å². The van der Waals surface area contributed by atoms with Crippen molar-refractivity contribution in [3.05, 3.63) is 59.4 Å². The molecule has 2 rings (SSSR count). The molecule has 0 fully saturated rings. The Balaban J connectivity index is 2.13. The highest BCUT2D eigenvalue weighted by molar-refractivity contribution is 6.09. The summed E-state index contributed by atoms with van der Waals surface area (Å²) < 4.78 is 24.0. The maximum Gasteiger partial charge on any atom is 0.266 e. The largest absolute Gasteiger partial charge is 0.493 e. The number of ether oxygens (including phenoxy) is 2. The molecule has 2 aromatic rings. The zero-order chi connectivity index (χ0) is 20.4. The Morgan fingerprint density at radius 1 is 1.18 bits per heavy atom. The summed E-state index contributed by atoms with van der Waals surface area (Å²) in [4.78, 5) is 12.3. The molecule has 0 saturated carbocycles. The number of hydrogen-bond acceptors (Lipinski definition) is 4. The van der Waals surface area contributed by atoms with E-state index in [1.54, 1.807) is 18.2 Å². The zero-order valence-corrected chi connectivity index (χ0v) is 16.0. The predicted octanol–water partition coefficient (Wildman–Crippen LogP) is 4.95. The van der Waals surface area contributed by atoms with Gasteiger partial charge in [0.1, 0.15) is 17.5 Å². The summed E-state index contributed by atoms with van der Waals surface area (Å²) in [6, 6.07) is 12.4. The number of methoxy groups -OCH3 is 1. The number of benzene rings is 2. The molecular formula is C22H23FN2O3. The maximum absolute atomic E-state index is 13.0. The van der Waals surface area contributed by atoms with E-state index in [1.165, 1.54) is 37.5 Å². The number of hydrogen-bond donors (Lipinski definition) is 1. The van der Waals surface area contributed by atoms with Gasteiger partial charge in [0.05, 0.1) is 13.7 Å². The molecule has 1 N–H and O–H groups in total. The van der Waals surface area contributed by atoms with Gasteiger partial charge < -0.3 is 14.8 Å². The Kier molecular flexibility index (Phi) is 8.04. The predicted molar refractivity (Wildman–Crippen MR) is 107 cm³/mol. The van der Waals surface area contributed by atoms with Crippen molar-refractivity contribution in [2.45, 2.75) is 26.2 Å². The van der Waals surface area contributed by atoms with Crippen molar-refractivity contribution < 1.29 is 18.7 Å². The van der Waals surface area contributed by atoms with Crippen LogP contribution in [0.1, 0.15) is 31.7 Å². The topological polar surface area (TPSA) is 71.3 Å². The Labute approximate surface area is 164 Å². The summed E-state index contributed by atoms with van der Waals surface area (Å²) in [7, 11) is 1.54. The monoisotopic (exact) mass is 382 g/mol. The zero-order valence-electron chi connectivity index (χ0n) is 16.0. The fourth-order valence-corrected chi connectivity index (χ4v) is 2.47. The number of halogens is 1. The third-order valence-electron chi connectivity index (χ3n) is 3.97. The first-order valence-corrected chi connectivity index (χ1v) is 9.07. The lowest BCUT2D eigenvalue weighted by atomic mass is 10.1. The fourth-order valence-electron chi connectivity index (χ4n) is 2.47. The van der Waals surface area contributed by atoms with E-state index in [2.05, 4.69) is 12.2 Å². The van der Waals surface area contributed by atoms with Gasteiger partial charge in [0.15, 0.2) is 11.5 Å². The maximum atomic E-state index is 13.0. The lowest BCUT2D eigenvalue weighted by molar-refractivity contribution is -0.112. The lowest BCUT2D eigenvalue weighted by Crippen LogP contribution is -2.13. The average molecular weight is 382 g/mol. The number of nitrogens with one attached hydrogen (secondary N) is 1. The average Bonchev–Trinajstić information content (AvgIpc) is 2.71. The fraction of sp³-hybridized carbons (Fsp3) is 0.273. The lowest BCUT2D eigenvalue weighted by Gasteiger charge is -2.11. The van der Waals surface area contributed by atoms with Crippen LogP contribution >= 0.6 is 0 Å². The van der Waals surface area contributed by atoms with Crippen LogP contribution in [0.25, 0.3) is 6.08 Å². The molecule has 0 aliphatic carbocycles. The second kappa shape index (κ2) is 10.7. The number of nitriles is 1. The van der Waals surface area contributed by atoms with Crippen molar-refractivity contribution in [1.82, 2.24) is 0 Å². The number of carbonyl (C=O) groups excluding carboxylic acids is 1. The van der Waals surface area contributed by atoms with E-state index in [0.717, 1.165) is 19.3 Å². The molecule has 146 valence electrons. The van der Waals surface area contributed by atoms with Gasteiger partial charge in [-0.25, -0.2) is 4.39 Å². The van der Waals surface area contributed by atoms with E-state index in [-0.39, 0.29) is 5.57 Å². The molecule has 0 spiro atoms. The number of amides is 1. The molecule has 0 unspecified atom stereocenters. The van der Waals surface area contributed by atoms with Gasteiger partial charge in [0.25, 0.3) is 5.91 Å². The summed E-state index contributed by atoms with van der Waals surface area (Å²) in [5.41, 5.74) is 0.951. The Hall–Kier alpha value is -3.33. The molecule has 0 radical (unpaired) electrons. The van der Waals surface area contributed by atoms with Gasteiger partial charge in [-0.3, -0.25) is 4.79 Å². The first-order chi connectivity index (χ1) is 13.6. The van der Waals surface area contributed by atoms with Gasteiger partial charge in [-0.15, -0.1) is 0 Å². The molecule has 6 heteroatoms. The Bertz CT molecular complexity index is 870. The summed E-state index contributed by atoms with van der Waals surface area (Å²) in [5, 5.41) is 11.9. The third-order valence-corrected chi connectivity index (χ3v) is 3.97. The SMILES string of the molecule is CCCCCOc1ccc(/C=C(/C#N)C(=O)Nc2ccc(F)cc2)cc1OC. The van der Waals surface area contributed by atoms with E-state index in [9.17, 15) is 14.4 Å². The number of nitrogens with zero attached hydrogens (tertiary/aromatic N) is 1. The van der Waals surface area contributed by atoms with Crippen LogP contribution in [-0.2, 0) is 4.79 Å². The molecule has 0 aromatic heterocycles. The van der Waals surface area contributed by atoms with Gasteiger partial charge in [-0.05, 0) is 54.5 Å². The Morgan fingerprint density at radius 3 is 2.57 bits per heavy atom. The molecule has 0 atom stereocenters. The second-order valence-electron chi connectivity index (χ2n) is 6.10. The molecule has 28 heavy (non-hydrogen) atoms. The standard InChI is InChI=1S/C22H23FN2O3/c1-3-4-5-12-28-20-11-6-16(14-21(20)27-2)13-17(15-24)22(26)25-19-9-7-18(23)8-10-19/h6-11,13-14H,3-5,12H2,1-2H3,(H,25,26)/b17-13-.